The van der Waals surface area contributed by atoms with Gasteiger partial charge in [0.25, 0.3) is 0 Å². The number of aromatic nitrogens is 2. The van der Waals surface area contributed by atoms with Crippen molar-refractivity contribution in [3.8, 4) is 0 Å². The summed E-state index contributed by atoms with van der Waals surface area (Å²) in [4.78, 5) is 10.6. The maximum Gasteiger partial charge on any atom is 0.312 e. The number of aryl methyl sites for hydroxylation is 1. The van der Waals surface area contributed by atoms with E-state index in [1.54, 1.807) is 17.9 Å². The van der Waals surface area contributed by atoms with Crippen LogP contribution in [0.2, 0.25) is 0 Å². The molecule has 1 unspecified atom stereocenters. The van der Waals surface area contributed by atoms with Gasteiger partial charge in [0.2, 0.25) is 0 Å². The Hall–Kier alpha value is -1.36. The minimum absolute atomic E-state index is 0.0982. The van der Waals surface area contributed by atoms with Gasteiger partial charge < -0.3 is 10.8 Å². The maximum atomic E-state index is 10.6. The van der Waals surface area contributed by atoms with Crippen LogP contribution in [0.3, 0.4) is 0 Å². The van der Waals surface area contributed by atoms with Crippen molar-refractivity contribution in [1.82, 2.24) is 9.78 Å². The Morgan fingerprint density at radius 3 is 2.92 bits per heavy atom. The van der Waals surface area contributed by atoms with Crippen molar-refractivity contribution in [3.05, 3.63) is 18.0 Å². The molecule has 3 N–H and O–H groups in total. The van der Waals surface area contributed by atoms with E-state index in [-0.39, 0.29) is 6.54 Å². The van der Waals surface area contributed by atoms with Gasteiger partial charge in [-0.15, -0.1) is 0 Å². The van der Waals surface area contributed by atoms with Crippen molar-refractivity contribution in [1.29, 1.82) is 0 Å². The second-order valence-electron chi connectivity index (χ2n) is 2.57. The summed E-state index contributed by atoms with van der Waals surface area (Å²) in [5, 5.41) is 12.6. The molecule has 12 heavy (non-hydrogen) atoms. The number of aliphatic carboxylic acids is 1. The average molecular weight is 169 g/mol. The van der Waals surface area contributed by atoms with Crippen LogP contribution >= 0.6 is 0 Å². The SMILES string of the molecule is Cn1cc(C(CN)C(=O)O)cn1. The van der Waals surface area contributed by atoms with Crippen molar-refractivity contribution in [3.63, 3.8) is 0 Å². The first-order valence-electron chi connectivity index (χ1n) is 3.56. The van der Waals surface area contributed by atoms with Gasteiger partial charge >= 0.3 is 5.97 Å². The Bertz CT molecular complexity index is 282. The third-order valence-corrected chi connectivity index (χ3v) is 1.66. The normalized spacial score (nSPS) is 12.8. The highest BCUT2D eigenvalue weighted by Gasteiger charge is 2.18. The van der Waals surface area contributed by atoms with Gasteiger partial charge in [0.1, 0.15) is 0 Å². The van der Waals surface area contributed by atoms with Crippen molar-refractivity contribution in [2.45, 2.75) is 5.92 Å². The first kappa shape index (κ1) is 8.73. The summed E-state index contributed by atoms with van der Waals surface area (Å²) in [7, 11) is 1.74. The molecule has 0 aromatic carbocycles. The molecule has 5 heteroatoms. The van der Waals surface area contributed by atoms with Gasteiger partial charge in [-0.25, -0.2) is 0 Å². The van der Waals surface area contributed by atoms with E-state index in [2.05, 4.69) is 5.10 Å². The van der Waals surface area contributed by atoms with E-state index in [0.29, 0.717) is 5.56 Å². The van der Waals surface area contributed by atoms with Crippen LogP contribution in [0.5, 0.6) is 0 Å². The molecule has 1 atom stereocenters. The molecular weight excluding hydrogens is 158 g/mol. The largest absolute Gasteiger partial charge is 0.481 e. The van der Waals surface area contributed by atoms with Crippen LogP contribution < -0.4 is 5.73 Å². The second kappa shape index (κ2) is 3.36. The van der Waals surface area contributed by atoms with E-state index in [1.807, 2.05) is 0 Å². The predicted molar refractivity (Wildman–Crippen MR) is 42.6 cm³/mol. The molecule has 0 spiro atoms. The molecule has 0 aliphatic carbocycles. The van der Waals surface area contributed by atoms with Crippen LogP contribution in [0, 0.1) is 0 Å². The fourth-order valence-corrected chi connectivity index (χ4v) is 1.000. The minimum atomic E-state index is -0.912. The Kier molecular flexibility index (Phi) is 2.44. The fraction of sp³-hybridized carbons (Fsp3) is 0.429. The lowest BCUT2D eigenvalue weighted by Crippen LogP contribution is -2.20. The van der Waals surface area contributed by atoms with Gasteiger partial charge in [-0.05, 0) is 0 Å². The van der Waals surface area contributed by atoms with Crippen LogP contribution in [-0.2, 0) is 11.8 Å². The zero-order valence-electron chi connectivity index (χ0n) is 6.77. The quantitative estimate of drug-likeness (QED) is 0.642. The molecule has 0 radical (unpaired) electrons. The van der Waals surface area contributed by atoms with Gasteiger partial charge in [-0.3, -0.25) is 9.48 Å². The molecule has 0 aliphatic heterocycles. The Morgan fingerprint density at radius 2 is 2.58 bits per heavy atom. The summed E-state index contributed by atoms with van der Waals surface area (Å²) < 4.78 is 1.56. The average Bonchev–Trinajstić information content (AvgIpc) is 2.37. The highest BCUT2D eigenvalue weighted by atomic mass is 16.4. The highest BCUT2D eigenvalue weighted by Crippen LogP contribution is 2.12. The zero-order valence-corrected chi connectivity index (χ0v) is 6.77. The molecule has 0 bridgehead atoms. The van der Waals surface area contributed by atoms with E-state index >= 15 is 0 Å². The van der Waals surface area contributed by atoms with Gasteiger partial charge in [-0.1, -0.05) is 0 Å². The van der Waals surface area contributed by atoms with Crippen LogP contribution in [0.1, 0.15) is 11.5 Å². The summed E-state index contributed by atoms with van der Waals surface area (Å²) >= 11 is 0. The first-order chi connectivity index (χ1) is 5.65. The van der Waals surface area contributed by atoms with Crippen LogP contribution in [0.4, 0.5) is 0 Å². The molecular formula is C7H11N3O2. The lowest BCUT2D eigenvalue weighted by Gasteiger charge is -2.04. The number of hydrogen-bond donors (Lipinski definition) is 2. The van der Waals surface area contributed by atoms with Gasteiger partial charge in [0.05, 0.1) is 12.1 Å². The standard InChI is InChI=1S/C7H11N3O2/c1-10-4-5(3-9-10)6(2-8)7(11)12/h3-4,6H,2,8H2,1H3,(H,11,12). The maximum absolute atomic E-state index is 10.6. The van der Waals surface area contributed by atoms with Crippen LogP contribution in [0.25, 0.3) is 0 Å². The third-order valence-electron chi connectivity index (χ3n) is 1.66. The highest BCUT2D eigenvalue weighted by molar-refractivity contribution is 5.76. The summed E-state index contributed by atoms with van der Waals surface area (Å²) in [5.41, 5.74) is 5.94. The van der Waals surface area contributed by atoms with Crippen molar-refractivity contribution in [2.24, 2.45) is 12.8 Å². The van der Waals surface area contributed by atoms with E-state index in [4.69, 9.17) is 10.8 Å². The predicted octanol–water partition coefficient (Wildman–Crippen LogP) is -0.453. The molecule has 1 heterocycles. The van der Waals surface area contributed by atoms with Gasteiger partial charge in [0.15, 0.2) is 0 Å². The lowest BCUT2D eigenvalue weighted by atomic mass is 10.0. The second-order valence-corrected chi connectivity index (χ2v) is 2.57. The van der Waals surface area contributed by atoms with E-state index in [9.17, 15) is 4.79 Å². The molecule has 66 valence electrons. The van der Waals surface area contributed by atoms with E-state index in [1.165, 1.54) is 6.20 Å². The van der Waals surface area contributed by atoms with Crippen LogP contribution in [-0.4, -0.2) is 27.4 Å². The van der Waals surface area contributed by atoms with Crippen molar-refractivity contribution in [2.75, 3.05) is 6.54 Å². The van der Waals surface area contributed by atoms with Crippen molar-refractivity contribution >= 4 is 5.97 Å². The molecule has 0 amide bonds. The smallest absolute Gasteiger partial charge is 0.312 e. The summed E-state index contributed by atoms with van der Waals surface area (Å²) in [6.45, 7) is 0.0982. The molecule has 5 nitrogen and oxygen atoms in total. The van der Waals surface area contributed by atoms with Crippen molar-refractivity contribution < 1.29 is 9.90 Å². The molecule has 0 aliphatic rings. The Labute approximate surface area is 69.8 Å². The summed E-state index contributed by atoms with van der Waals surface area (Å²) in [6.07, 6.45) is 3.18. The summed E-state index contributed by atoms with van der Waals surface area (Å²) in [6, 6.07) is 0. The van der Waals surface area contributed by atoms with Gasteiger partial charge in [-0.2, -0.15) is 5.10 Å². The Balaban J connectivity index is 2.87. The Morgan fingerprint density at radius 1 is 1.92 bits per heavy atom. The molecule has 1 aromatic heterocycles. The summed E-state index contributed by atoms with van der Waals surface area (Å²) in [5.74, 6) is -1.55. The number of nitrogens with two attached hydrogens (primary N) is 1. The number of carboxylic acids is 1. The molecule has 0 fully saturated rings. The minimum Gasteiger partial charge on any atom is -0.481 e. The fourth-order valence-electron chi connectivity index (χ4n) is 1.000. The third kappa shape index (κ3) is 1.62. The first-order valence-corrected chi connectivity index (χ1v) is 3.56. The monoisotopic (exact) mass is 169 g/mol. The topological polar surface area (TPSA) is 81.1 Å². The molecule has 0 saturated carbocycles. The molecule has 1 aromatic rings. The van der Waals surface area contributed by atoms with Gasteiger partial charge in [0, 0.05) is 25.4 Å². The van der Waals surface area contributed by atoms with Crippen LogP contribution in [0.15, 0.2) is 12.4 Å². The number of nitrogens with zero attached hydrogens (tertiary/aromatic N) is 2. The number of carbonyl (C=O) groups is 1. The zero-order chi connectivity index (χ0) is 9.14. The number of carboxylic acid groups (broad SMARTS) is 1. The number of rotatable bonds is 3. The molecule has 0 saturated heterocycles. The lowest BCUT2D eigenvalue weighted by molar-refractivity contribution is -0.138. The van der Waals surface area contributed by atoms with E-state index < -0.39 is 11.9 Å². The van der Waals surface area contributed by atoms with E-state index in [0.717, 1.165) is 0 Å². The molecule has 1 rings (SSSR count). The number of hydrogen-bond acceptors (Lipinski definition) is 3.